The molecule has 0 fully saturated rings. The van der Waals surface area contributed by atoms with Gasteiger partial charge in [-0.25, -0.2) is 4.98 Å². The minimum atomic E-state index is -0.0501. The second kappa shape index (κ2) is 6.06. The van der Waals surface area contributed by atoms with Crippen LogP contribution in [-0.4, -0.2) is 10.9 Å². The van der Waals surface area contributed by atoms with Crippen molar-refractivity contribution in [1.82, 2.24) is 4.98 Å². The highest BCUT2D eigenvalue weighted by molar-refractivity contribution is 6.29. The summed E-state index contributed by atoms with van der Waals surface area (Å²) in [6.07, 6.45) is 0.357. The topological polar surface area (TPSA) is 42.0 Å². The number of aryl methyl sites for hydroxylation is 3. The van der Waals surface area contributed by atoms with Crippen molar-refractivity contribution in [2.75, 3.05) is 5.32 Å². The first-order valence-electron chi connectivity index (χ1n) is 6.45. The first kappa shape index (κ1) is 14.5. The molecule has 3 nitrogen and oxygen atoms in total. The second-order valence-corrected chi connectivity index (χ2v) is 5.31. The molecule has 0 aliphatic heterocycles. The van der Waals surface area contributed by atoms with E-state index < -0.39 is 0 Å². The number of benzene rings is 1. The third-order valence-corrected chi connectivity index (χ3v) is 3.39. The standard InChI is InChI=1S/C16H17ClN2O/c1-10-4-5-11(2)13(8-10)9-16(20)19-14-6-7-15(17)18-12(14)3/h4-8H,9H2,1-3H3,(H,19,20). The van der Waals surface area contributed by atoms with E-state index in [4.69, 9.17) is 11.6 Å². The summed E-state index contributed by atoms with van der Waals surface area (Å²) in [6, 6.07) is 9.56. The van der Waals surface area contributed by atoms with Crippen molar-refractivity contribution in [1.29, 1.82) is 0 Å². The predicted octanol–water partition coefficient (Wildman–Crippen LogP) is 3.84. The fraction of sp³-hybridized carbons (Fsp3) is 0.250. The van der Waals surface area contributed by atoms with Gasteiger partial charge in [-0.15, -0.1) is 0 Å². The second-order valence-electron chi connectivity index (χ2n) is 4.92. The highest BCUT2D eigenvalue weighted by Crippen LogP contribution is 2.17. The van der Waals surface area contributed by atoms with E-state index in [1.54, 1.807) is 12.1 Å². The lowest BCUT2D eigenvalue weighted by Crippen LogP contribution is -2.16. The highest BCUT2D eigenvalue weighted by Gasteiger charge is 2.09. The molecule has 0 spiro atoms. The summed E-state index contributed by atoms with van der Waals surface area (Å²) in [5.74, 6) is -0.0501. The van der Waals surface area contributed by atoms with Crippen molar-refractivity contribution < 1.29 is 4.79 Å². The quantitative estimate of drug-likeness (QED) is 0.872. The fourth-order valence-electron chi connectivity index (χ4n) is 2.02. The molecule has 0 aliphatic carbocycles. The van der Waals surface area contributed by atoms with Crippen LogP contribution < -0.4 is 5.32 Å². The molecular weight excluding hydrogens is 272 g/mol. The van der Waals surface area contributed by atoms with E-state index in [1.807, 2.05) is 39.0 Å². The van der Waals surface area contributed by atoms with Crippen LogP contribution in [0.3, 0.4) is 0 Å². The molecule has 0 radical (unpaired) electrons. The molecule has 0 aliphatic rings. The Bertz CT molecular complexity index is 653. The maximum atomic E-state index is 12.1. The number of amides is 1. The molecular formula is C16H17ClN2O. The van der Waals surface area contributed by atoms with Crippen LogP contribution in [0.15, 0.2) is 30.3 Å². The van der Waals surface area contributed by atoms with Gasteiger partial charge in [0, 0.05) is 0 Å². The number of hydrogen-bond acceptors (Lipinski definition) is 2. The summed E-state index contributed by atoms with van der Waals surface area (Å²) in [5, 5.41) is 3.30. The number of anilines is 1. The average Bonchev–Trinajstić information content (AvgIpc) is 2.37. The fourth-order valence-corrected chi connectivity index (χ4v) is 2.21. The molecule has 1 aromatic carbocycles. The summed E-state index contributed by atoms with van der Waals surface area (Å²) in [6.45, 7) is 5.85. The van der Waals surface area contributed by atoms with Gasteiger partial charge < -0.3 is 5.32 Å². The van der Waals surface area contributed by atoms with Gasteiger partial charge >= 0.3 is 0 Å². The van der Waals surface area contributed by atoms with Gasteiger partial charge in [-0.1, -0.05) is 35.4 Å². The zero-order valence-corrected chi connectivity index (χ0v) is 12.6. The molecule has 1 aromatic heterocycles. The van der Waals surface area contributed by atoms with E-state index in [1.165, 1.54) is 0 Å². The molecule has 20 heavy (non-hydrogen) atoms. The molecule has 104 valence electrons. The molecule has 0 atom stereocenters. The Labute approximate surface area is 124 Å². The van der Waals surface area contributed by atoms with Gasteiger partial charge in [0.2, 0.25) is 5.91 Å². The van der Waals surface area contributed by atoms with Gasteiger partial charge in [-0.2, -0.15) is 0 Å². The van der Waals surface area contributed by atoms with E-state index in [9.17, 15) is 4.79 Å². The van der Waals surface area contributed by atoms with Crippen molar-refractivity contribution in [3.8, 4) is 0 Å². The number of carbonyl (C=O) groups is 1. The molecule has 4 heteroatoms. The van der Waals surface area contributed by atoms with E-state index in [0.29, 0.717) is 23.0 Å². The summed E-state index contributed by atoms with van der Waals surface area (Å²) < 4.78 is 0. The molecule has 0 bridgehead atoms. The van der Waals surface area contributed by atoms with E-state index in [2.05, 4.69) is 10.3 Å². The minimum Gasteiger partial charge on any atom is -0.324 e. The first-order chi connectivity index (χ1) is 9.45. The maximum Gasteiger partial charge on any atom is 0.228 e. The monoisotopic (exact) mass is 288 g/mol. The highest BCUT2D eigenvalue weighted by atomic mass is 35.5. The Hall–Kier alpha value is -1.87. The van der Waals surface area contributed by atoms with Crippen LogP contribution in [0.4, 0.5) is 5.69 Å². The molecule has 1 heterocycles. The molecule has 1 N–H and O–H groups in total. The van der Waals surface area contributed by atoms with Gasteiger partial charge in [0.05, 0.1) is 17.8 Å². The zero-order valence-electron chi connectivity index (χ0n) is 11.8. The first-order valence-corrected chi connectivity index (χ1v) is 6.82. The van der Waals surface area contributed by atoms with Crippen molar-refractivity contribution in [2.24, 2.45) is 0 Å². The molecule has 1 amide bonds. The van der Waals surface area contributed by atoms with Gasteiger partial charge in [0.1, 0.15) is 5.15 Å². The Morgan fingerprint density at radius 2 is 1.95 bits per heavy atom. The molecule has 0 saturated carbocycles. The largest absolute Gasteiger partial charge is 0.324 e. The summed E-state index contributed by atoms with van der Waals surface area (Å²) in [7, 11) is 0. The number of nitrogens with zero attached hydrogens (tertiary/aromatic N) is 1. The smallest absolute Gasteiger partial charge is 0.228 e. The van der Waals surface area contributed by atoms with Crippen LogP contribution in [-0.2, 0) is 11.2 Å². The Morgan fingerprint density at radius 1 is 1.20 bits per heavy atom. The Kier molecular flexibility index (Phi) is 4.40. The van der Waals surface area contributed by atoms with Crippen molar-refractivity contribution in [2.45, 2.75) is 27.2 Å². The molecule has 0 saturated heterocycles. The van der Waals surface area contributed by atoms with E-state index in [0.717, 1.165) is 16.7 Å². The van der Waals surface area contributed by atoms with Gasteiger partial charge in [0.15, 0.2) is 0 Å². The normalized spacial score (nSPS) is 10.4. The SMILES string of the molecule is Cc1ccc(C)c(CC(=O)Nc2ccc(Cl)nc2C)c1. The summed E-state index contributed by atoms with van der Waals surface area (Å²) >= 11 is 5.80. The Balaban J connectivity index is 2.11. The number of pyridine rings is 1. The van der Waals surface area contributed by atoms with Crippen LogP contribution in [0.5, 0.6) is 0 Å². The number of carbonyl (C=O) groups excluding carboxylic acids is 1. The van der Waals surface area contributed by atoms with Crippen LogP contribution in [0.1, 0.15) is 22.4 Å². The predicted molar refractivity (Wildman–Crippen MR) is 82.2 cm³/mol. The van der Waals surface area contributed by atoms with Gasteiger partial charge in [0.25, 0.3) is 0 Å². The Morgan fingerprint density at radius 3 is 2.65 bits per heavy atom. The lowest BCUT2D eigenvalue weighted by molar-refractivity contribution is -0.115. The number of aromatic nitrogens is 1. The van der Waals surface area contributed by atoms with Gasteiger partial charge in [-0.05, 0) is 44.0 Å². The lowest BCUT2D eigenvalue weighted by Gasteiger charge is -2.10. The van der Waals surface area contributed by atoms with Crippen molar-refractivity contribution >= 4 is 23.2 Å². The number of rotatable bonds is 3. The third-order valence-electron chi connectivity index (χ3n) is 3.18. The molecule has 2 rings (SSSR count). The number of nitrogens with one attached hydrogen (secondary N) is 1. The van der Waals surface area contributed by atoms with Crippen LogP contribution >= 0.6 is 11.6 Å². The van der Waals surface area contributed by atoms with Crippen LogP contribution in [0.2, 0.25) is 5.15 Å². The maximum absolute atomic E-state index is 12.1. The molecule has 2 aromatic rings. The van der Waals surface area contributed by atoms with Crippen molar-refractivity contribution in [3.05, 3.63) is 57.9 Å². The van der Waals surface area contributed by atoms with Crippen LogP contribution in [0.25, 0.3) is 0 Å². The minimum absolute atomic E-state index is 0.0501. The zero-order chi connectivity index (χ0) is 14.7. The number of hydrogen-bond donors (Lipinski definition) is 1. The van der Waals surface area contributed by atoms with E-state index in [-0.39, 0.29) is 5.91 Å². The van der Waals surface area contributed by atoms with Crippen molar-refractivity contribution in [3.63, 3.8) is 0 Å². The van der Waals surface area contributed by atoms with Gasteiger partial charge in [-0.3, -0.25) is 4.79 Å². The van der Waals surface area contributed by atoms with E-state index >= 15 is 0 Å². The van der Waals surface area contributed by atoms with Crippen LogP contribution in [0, 0.1) is 20.8 Å². The molecule has 0 unspecified atom stereocenters. The lowest BCUT2D eigenvalue weighted by atomic mass is 10.0. The summed E-state index contributed by atoms with van der Waals surface area (Å²) in [4.78, 5) is 16.2. The average molecular weight is 289 g/mol. The summed E-state index contributed by atoms with van der Waals surface area (Å²) in [5.41, 5.74) is 4.73. The number of halogens is 1. The third kappa shape index (κ3) is 3.58.